The van der Waals surface area contributed by atoms with E-state index in [0.717, 1.165) is 30.7 Å². The Kier molecular flexibility index (Phi) is 5.10. The van der Waals surface area contributed by atoms with Gasteiger partial charge >= 0.3 is 0 Å². The number of carbonyl (C=O) groups excluding carboxylic acids is 1. The average molecular weight is 377 g/mol. The maximum atomic E-state index is 13.1. The van der Waals surface area contributed by atoms with Gasteiger partial charge in [-0.05, 0) is 49.6 Å². The topological polar surface area (TPSA) is 64.4 Å². The minimum atomic E-state index is -0.132. The van der Waals surface area contributed by atoms with Gasteiger partial charge in [0.15, 0.2) is 0 Å². The summed E-state index contributed by atoms with van der Waals surface area (Å²) in [5, 5.41) is 4.77. The number of hydrogen-bond acceptors (Lipinski definition) is 4. The molecule has 1 atom stereocenters. The molecule has 0 saturated carbocycles. The summed E-state index contributed by atoms with van der Waals surface area (Å²) in [6.07, 6.45) is 3.20. The summed E-state index contributed by atoms with van der Waals surface area (Å²) in [7, 11) is 0. The zero-order chi connectivity index (χ0) is 19.5. The highest BCUT2D eigenvalue weighted by molar-refractivity contribution is 5.82. The van der Waals surface area contributed by atoms with Crippen LogP contribution in [0.25, 0.3) is 10.9 Å². The van der Waals surface area contributed by atoms with E-state index in [4.69, 9.17) is 4.74 Å². The monoisotopic (exact) mass is 377 g/mol. The SMILES string of the molecule is CCOc1ccc(C2CCCN2C(=O)Cn2ncc(=O)c3ccccc32)cc1. The van der Waals surface area contributed by atoms with E-state index in [9.17, 15) is 9.59 Å². The first kappa shape index (κ1) is 18.2. The summed E-state index contributed by atoms with van der Waals surface area (Å²) < 4.78 is 7.13. The Morgan fingerprint density at radius 3 is 2.75 bits per heavy atom. The van der Waals surface area contributed by atoms with Gasteiger partial charge in [0.25, 0.3) is 0 Å². The summed E-state index contributed by atoms with van der Waals surface area (Å²) in [4.78, 5) is 27.0. The molecule has 1 aromatic heterocycles. The number of aromatic nitrogens is 2. The molecule has 0 bridgehead atoms. The summed E-state index contributed by atoms with van der Waals surface area (Å²) in [5.41, 5.74) is 1.67. The minimum Gasteiger partial charge on any atom is -0.494 e. The van der Waals surface area contributed by atoms with Crippen molar-refractivity contribution in [3.8, 4) is 5.75 Å². The molecule has 6 nitrogen and oxygen atoms in total. The predicted molar refractivity (Wildman–Crippen MR) is 107 cm³/mol. The van der Waals surface area contributed by atoms with Crippen molar-refractivity contribution < 1.29 is 9.53 Å². The Balaban J connectivity index is 1.56. The molecule has 4 rings (SSSR count). The van der Waals surface area contributed by atoms with E-state index in [2.05, 4.69) is 5.10 Å². The van der Waals surface area contributed by atoms with E-state index < -0.39 is 0 Å². The van der Waals surface area contributed by atoms with Crippen LogP contribution in [-0.2, 0) is 11.3 Å². The first-order valence-corrected chi connectivity index (χ1v) is 9.64. The number of nitrogens with zero attached hydrogens (tertiary/aromatic N) is 3. The van der Waals surface area contributed by atoms with Crippen LogP contribution in [0.3, 0.4) is 0 Å². The molecular formula is C22H23N3O3. The second-order valence-electron chi connectivity index (χ2n) is 6.93. The molecule has 0 N–H and O–H groups in total. The van der Waals surface area contributed by atoms with Crippen LogP contribution >= 0.6 is 0 Å². The third-order valence-electron chi connectivity index (χ3n) is 5.20. The molecule has 2 aromatic carbocycles. The van der Waals surface area contributed by atoms with Crippen LogP contribution in [-0.4, -0.2) is 33.7 Å². The number of ether oxygens (including phenoxy) is 1. The molecule has 1 fully saturated rings. The fraction of sp³-hybridized carbons (Fsp3) is 0.318. The Labute approximate surface area is 163 Å². The molecular weight excluding hydrogens is 354 g/mol. The normalized spacial score (nSPS) is 16.5. The highest BCUT2D eigenvalue weighted by Gasteiger charge is 2.30. The summed E-state index contributed by atoms with van der Waals surface area (Å²) >= 11 is 0. The molecule has 3 aromatic rings. The molecule has 1 aliphatic heterocycles. The van der Waals surface area contributed by atoms with Gasteiger partial charge in [-0.2, -0.15) is 5.10 Å². The van der Waals surface area contributed by atoms with Gasteiger partial charge in [0, 0.05) is 11.9 Å². The third kappa shape index (κ3) is 3.50. The van der Waals surface area contributed by atoms with Crippen molar-refractivity contribution in [2.75, 3.05) is 13.2 Å². The Hall–Kier alpha value is -3.15. The van der Waals surface area contributed by atoms with Gasteiger partial charge < -0.3 is 9.64 Å². The van der Waals surface area contributed by atoms with E-state index in [1.165, 1.54) is 6.20 Å². The van der Waals surface area contributed by atoms with Crippen LogP contribution in [0.4, 0.5) is 0 Å². The molecule has 1 aliphatic rings. The molecule has 6 heteroatoms. The number of hydrogen-bond donors (Lipinski definition) is 0. The number of benzene rings is 2. The maximum Gasteiger partial charge on any atom is 0.244 e. The summed E-state index contributed by atoms with van der Waals surface area (Å²) in [5.74, 6) is 0.851. The zero-order valence-corrected chi connectivity index (χ0v) is 15.9. The molecule has 1 saturated heterocycles. The number of carbonyl (C=O) groups is 1. The fourth-order valence-electron chi connectivity index (χ4n) is 3.87. The second kappa shape index (κ2) is 7.84. The quantitative estimate of drug-likeness (QED) is 0.685. The molecule has 144 valence electrons. The predicted octanol–water partition coefficient (Wildman–Crippen LogP) is 3.16. The number of amides is 1. The lowest BCUT2D eigenvalue weighted by Gasteiger charge is -2.25. The van der Waals surface area contributed by atoms with Gasteiger partial charge in [-0.25, -0.2) is 0 Å². The van der Waals surface area contributed by atoms with E-state index in [0.29, 0.717) is 17.5 Å². The van der Waals surface area contributed by atoms with Crippen LogP contribution in [0.15, 0.2) is 59.5 Å². The Morgan fingerprint density at radius 1 is 1.18 bits per heavy atom. The van der Waals surface area contributed by atoms with Crippen molar-refractivity contribution in [2.24, 2.45) is 0 Å². The van der Waals surface area contributed by atoms with Crippen molar-refractivity contribution in [3.63, 3.8) is 0 Å². The van der Waals surface area contributed by atoms with Crippen molar-refractivity contribution in [1.29, 1.82) is 0 Å². The van der Waals surface area contributed by atoms with Crippen LogP contribution in [0.5, 0.6) is 5.75 Å². The summed E-state index contributed by atoms with van der Waals surface area (Å²) in [6.45, 7) is 3.44. The lowest BCUT2D eigenvalue weighted by atomic mass is 10.0. The van der Waals surface area contributed by atoms with Gasteiger partial charge in [0.2, 0.25) is 11.3 Å². The summed E-state index contributed by atoms with van der Waals surface area (Å²) in [6, 6.07) is 15.3. The molecule has 28 heavy (non-hydrogen) atoms. The average Bonchev–Trinajstić information content (AvgIpc) is 3.21. The van der Waals surface area contributed by atoms with Crippen molar-refractivity contribution in [2.45, 2.75) is 32.4 Å². The Bertz CT molecular complexity index is 1040. The van der Waals surface area contributed by atoms with Gasteiger partial charge in [-0.15, -0.1) is 0 Å². The molecule has 1 amide bonds. The van der Waals surface area contributed by atoms with E-state index in [-0.39, 0.29) is 23.9 Å². The van der Waals surface area contributed by atoms with Gasteiger partial charge in [0.1, 0.15) is 12.3 Å². The highest BCUT2D eigenvalue weighted by atomic mass is 16.5. The van der Waals surface area contributed by atoms with Crippen LogP contribution in [0.1, 0.15) is 31.4 Å². The van der Waals surface area contributed by atoms with E-state index in [1.54, 1.807) is 10.7 Å². The molecule has 2 heterocycles. The molecule has 0 radical (unpaired) electrons. The van der Waals surface area contributed by atoms with Crippen LogP contribution < -0.4 is 10.2 Å². The van der Waals surface area contributed by atoms with Crippen molar-refractivity contribution >= 4 is 16.8 Å². The van der Waals surface area contributed by atoms with Crippen LogP contribution in [0.2, 0.25) is 0 Å². The van der Waals surface area contributed by atoms with Crippen molar-refractivity contribution in [3.05, 3.63) is 70.5 Å². The number of fused-ring (bicyclic) bond motifs is 1. The second-order valence-corrected chi connectivity index (χ2v) is 6.93. The number of rotatable bonds is 5. The van der Waals surface area contributed by atoms with Gasteiger partial charge in [-0.1, -0.05) is 24.3 Å². The van der Waals surface area contributed by atoms with Crippen molar-refractivity contribution in [1.82, 2.24) is 14.7 Å². The zero-order valence-electron chi connectivity index (χ0n) is 15.9. The van der Waals surface area contributed by atoms with Crippen LogP contribution in [0, 0.1) is 0 Å². The first-order valence-electron chi connectivity index (χ1n) is 9.64. The third-order valence-corrected chi connectivity index (χ3v) is 5.20. The molecule has 0 spiro atoms. The molecule has 1 unspecified atom stereocenters. The number of para-hydroxylation sites is 1. The lowest BCUT2D eigenvalue weighted by Crippen LogP contribution is -2.34. The smallest absolute Gasteiger partial charge is 0.244 e. The fourth-order valence-corrected chi connectivity index (χ4v) is 3.87. The van der Waals surface area contributed by atoms with E-state index in [1.807, 2.05) is 54.3 Å². The molecule has 0 aliphatic carbocycles. The number of likely N-dealkylation sites (tertiary alicyclic amines) is 1. The Morgan fingerprint density at radius 2 is 1.96 bits per heavy atom. The maximum absolute atomic E-state index is 13.1. The first-order chi connectivity index (χ1) is 13.7. The lowest BCUT2D eigenvalue weighted by molar-refractivity contribution is -0.132. The van der Waals surface area contributed by atoms with Gasteiger partial charge in [-0.3, -0.25) is 14.3 Å². The van der Waals surface area contributed by atoms with Gasteiger partial charge in [0.05, 0.1) is 24.4 Å². The largest absolute Gasteiger partial charge is 0.494 e. The highest BCUT2D eigenvalue weighted by Crippen LogP contribution is 2.33. The standard InChI is InChI=1S/C22H23N3O3/c1-2-28-17-11-9-16(10-12-17)19-8-5-13-24(19)22(27)15-25-20-7-4-3-6-18(20)21(26)14-23-25/h3-4,6-7,9-12,14,19H,2,5,8,13,15H2,1H3. The van der Waals surface area contributed by atoms with E-state index >= 15 is 0 Å². The minimum absolute atomic E-state index is 0.0117.